The van der Waals surface area contributed by atoms with Crippen molar-refractivity contribution in [1.82, 2.24) is 4.31 Å². The lowest BCUT2D eigenvalue weighted by Gasteiger charge is -2.28. The number of carbonyl (C=O) groups is 1. The van der Waals surface area contributed by atoms with Gasteiger partial charge < -0.3 is 4.74 Å². The maximum Gasteiger partial charge on any atom is 0.321 e. The Kier molecular flexibility index (Phi) is 3.53. The molecule has 0 aromatic heterocycles. The number of carbonyl (C=O) groups excluding carboxylic acids is 1. The number of benzene rings is 1. The van der Waals surface area contributed by atoms with E-state index < -0.39 is 16.2 Å². The molecule has 0 aliphatic carbocycles. The summed E-state index contributed by atoms with van der Waals surface area (Å²) in [6.45, 7) is 1.80. The molecule has 0 fully saturated rings. The van der Waals surface area contributed by atoms with Crippen molar-refractivity contribution in [3.05, 3.63) is 29.8 Å². The lowest BCUT2D eigenvalue weighted by Crippen LogP contribution is -2.42. The number of esters is 1. The molecule has 0 radical (unpaired) electrons. The Morgan fingerprint density at radius 1 is 1.44 bits per heavy atom. The van der Waals surface area contributed by atoms with Crippen molar-refractivity contribution in [2.24, 2.45) is 0 Å². The van der Waals surface area contributed by atoms with E-state index >= 15 is 0 Å². The molecule has 2 rings (SSSR count). The average Bonchev–Trinajstić information content (AvgIpc) is 2.29. The molecule has 98 valence electrons. The zero-order chi connectivity index (χ0) is 13.2. The van der Waals surface area contributed by atoms with Gasteiger partial charge >= 0.3 is 16.2 Å². The van der Waals surface area contributed by atoms with Crippen LogP contribution in [-0.4, -0.2) is 31.8 Å². The van der Waals surface area contributed by atoms with Gasteiger partial charge in [0, 0.05) is 6.54 Å². The summed E-state index contributed by atoms with van der Waals surface area (Å²) >= 11 is 0. The van der Waals surface area contributed by atoms with Crippen LogP contribution in [0, 0.1) is 0 Å². The summed E-state index contributed by atoms with van der Waals surface area (Å²) in [6, 6.07) is 7.08. The fourth-order valence-electron chi connectivity index (χ4n) is 1.73. The lowest BCUT2D eigenvalue weighted by atomic mass is 10.2. The molecule has 0 unspecified atom stereocenters. The minimum absolute atomic E-state index is 0.171. The van der Waals surface area contributed by atoms with Crippen molar-refractivity contribution < 1.29 is 17.9 Å². The standard InChI is InChI=1S/C11H14N2O4S/c1-2-17-11(14)8-13-7-9-5-3-4-6-10(9)12-18(13,15)16/h3-6,12H,2,7-8H2,1H3. The van der Waals surface area contributed by atoms with Gasteiger partial charge in [-0.3, -0.25) is 9.52 Å². The zero-order valence-corrected chi connectivity index (χ0v) is 10.7. The molecule has 18 heavy (non-hydrogen) atoms. The number of para-hydroxylation sites is 1. The highest BCUT2D eigenvalue weighted by atomic mass is 32.2. The summed E-state index contributed by atoms with van der Waals surface area (Å²) < 4.78 is 32.0. The predicted octanol–water partition coefficient (Wildman–Crippen LogP) is 0.722. The number of rotatable bonds is 3. The van der Waals surface area contributed by atoms with Crippen LogP contribution in [0.15, 0.2) is 24.3 Å². The summed E-state index contributed by atoms with van der Waals surface area (Å²) in [6.07, 6.45) is 0. The van der Waals surface area contributed by atoms with Crippen molar-refractivity contribution in [3.63, 3.8) is 0 Å². The smallest absolute Gasteiger partial charge is 0.321 e. The van der Waals surface area contributed by atoms with Crippen LogP contribution in [0.3, 0.4) is 0 Å². The molecule has 1 heterocycles. The number of nitrogens with one attached hydrogen (secondary N) is 1. The highest BCUT2D eigenvalue weighted by Gasteiger charge is 2.30. The summed E-state index contributed by atoms with van der Waals surface area (Å²) in [5.41, 5.74) is 1.38. The van der Waals surface area contributed by atoms with Gasteiger partial charge in [-0.2, -0.15) is 12.7 Å². The fourth-order valence-corrected chi connectivity index (χ4v) is 2.92. The van der Waals surface area contributed by atoms with Gasteiger partial charge in [0.25, 0.3) is 0 Å². The molecule has 1 N–H and O–H groups in total. The van der Waals surface area contributed by atoms with E-state index in [2.05, 4.69) is 4.72 Å². The molecule has 6 nitrogen and oxygen atoms in total. The van der Waals surface area contributed by atoms with E-state index in [0.29, 0.717) is 5.69 Å². The molecule has 0 saturated heterocycles. The molecule has 0 spiro atoms. The van der Waals surface area contributed by atoms with Gasteiger partial charge in [-0.05, 0) is 18.6 Å². The van der Waals surface area contributed by atoms with E-state index in [1.807, 2.05) is 12.1 Å². The van der Waals surface area contributed by atoms with Crippen LogP contribution >= 0.6 is 0 Å². The molecular formula is C11H14N2O4S. The second kappa shape index (κ2) is 4.95. The first-order valence-corrected chi connectivity index (χ1v) is 6.98. The minimum Gasteiger partial charge on any atom is -0.465 e. The van der Waals surface area contributed by atoms with E-state index in [0.717, 1.165) is 9.87 Å². The van der Waals surface area contributed by atoms with Gasteiger partial charge in [0.2, 0.25) is 0 Å². The van der Waals surface area contributed by atoms with E-state index in [4.69, 9.17) is 4.74 Å². The molecule has 1 aromatic carbocycles. The molecule has 1 aromatic rings. The second-order valence-electron chi connectivity index (χ2n) is 3.84. The highest BCUT2D eigenvalue weighted by Crippen LogP contribution is 2.25. The third-order valence-electron chi connectivity index (χ3n) is 2.55. The van der Waals surface area contributed by atoms with Gasteiger partial charge in [-0.1, -0.05) is 18.2 Å². The fraction of sp³-hybridized carbons (Fsp3) is 0.364. The maximum atomic E-state index is 11.9. The number of nitrogens with zero attached hydrogens (tertiary/aromatic N) is 1. The Bertz CT molecular complexity index is 556. The molecule has 1 aliphatic rings. The van der Waals surface area contributed by atoms with Crippen molar-refractivity contribution in [1.29, 1.82) is 0 Å². The first kappa shape index (κ1) is 12.8. The number of fused-ring (bicyclic) bond motifs is 1. The van der Waals surface area contributed by atoms with Crippen LogP contribution in [0.5, 0.6) is 0 Å². The Morgan fingerprint density at radius 3 is 2.89 bits per heavy atom. The first-order valence-electron chi connectivity index (χ1n) is 5.54. The summed E-state index contributed by atoms with van der Waals surface area (Å²) in [7, 11) is -3.67. The molecule has 0 amide bonds. The van der Waals surface area contributed by atoms with Crippen molar-refractivity contribution in [3.8, 4) is 0 Å². The van der Waals surface area contributed by atoms with E-state index in [9.17, 15) is 13.2 Å². The summed E-state index contributed by atoms with van der Waals surface area (Å²) in [5.74, 6) is -0.553. The molecular weight excluding hydrogens is 256 g/mol. The molecule has 7 heteroatoms. The van der Waals surface area contributed by atoms with Gasteiger partial charge in [-0.25, -0.2) is 0 Å². The number of hydrogen-bond acceptors (Lipinski definition) is 4. The zero-order valence-electron chi connectivity index (χ0n) is 9.92. The normalized spacial score (nSPS) is 17.6. The molecule has 1 aliphatic heterocycles. The second-order valence-corrected chi connectivity index (χ2v) is 5.51. The first-order chi connectivity index (χ1) is 8.53. The Balaban J connectivity index is 2.20. The highest BCUT2D eigenvalue weighted by molar-refractivity contribution is 7.90. The molecule has 0 bridgehead atoms. The third-order valence-corrected chi connectivity index (χ3v) is 3.97. The third kappa shape index (κ3) is 2.62. The molecule has 0 atom stereocenters. The summed E-state index contributed by atoms with van der Waals surface area (Å²) in [4.78, 5) is 11.4. The SMILES string of the molecule is CCOC(=O)CN1Cc2ccccc2NS1(=O)=O. The van der Waals surface area contributed by atoms with Gasteiger partial charge in [0.05, 0.1) is 12.3 Å². The summed E-state index contributed by atoms with van der Waals surface area (Å²) in [5, 5.41) is 0. The Hall–Kier alpha value is -1.60. The maximum absolute atomic E-state index is 11.9. The lowest BCUT2D eigenvalue weighted by molar-refractivity contribution is -0.143. The Labute approximate surface area is 106 Å². The predicted molar refractivity (Wildman–Crippen MR) is 66.0 cm³/mol. The van der Waals surface area contributed by atoms with Crippen LogP contribution in [0.4, 0.5) is 5.69 Å². The van der Waals surface area contributed by atoms with Crippen molar-refractivity contribution in [2.75, 3.05) is 17.9 Å². The van der Waals surface area contributed by atoms with Gasteiger partial charge in [0.1, 0.15) is 6.54 Å². The van der Waals surface area contributed by atoms with Gasteiger partial charge in [-0.15, -0.1) is 0 Å². The number of hydrogen-bond donors (Lipinski definition) is 1. The van der Waals surface area contributed by atoms with Crippen LogP contribution in [0.1, 0.15) is 12.5 Å². The molecule has 0 saturated carbocycles. The largest absolute Gasteiger partial charge is 0.465 e. The van der Waals surface area contributed by atoms with Crippen LogP contribution in [0.2, 0.25) is 0 Å². The van der Waals surface area contributed by atoms with E-state index in [-0.39, 0.29) is 19.7 Å². The van der Waals surface area contributed by atoms with Crippen LogP contribution in [0.25, 0.3) is 0 Å². The topological polar surface area (TPSA) is 75.7 Å². The van der Waals surface area contributed by atoms with Gasteiger partial charge in [0.15, 0.2) is 0 Å². The van der Waals surface area contributed by atoms with Crippen LogP contribution < -0.4 is 4.72 Å². The quantitative estimate of drug-likeness (QED) is 0.821. The van der Waals surface area contributed by atoms with E-state index in [1.54, 1.807) is 19.1 Å². The number of ether oxygens (including phenoxy) is 1. The minimum atomic E-state index is -3.67. The monoisotopic (exact) mass is 270 g/mol. The van der Waals surface area contributed by atoms with Crippen molar-refractivity contribution >= 4 is 21.9 Å². The van der Waals surface area contributed by atoms with Crippen LogP contribution in [-0.2, 0) is 26.3 Å². The van der Waals surface area contributed by atoms with E-state index in [1.165, 1.54) is 0 Å². The number of anilines is 1. The van der Waals surface area contributed by atoms with Crippen molar-refractivity contribution in [2.45, 2.75) is 13.5 Å². The average molecular weight is 270 g/mol. The Morgan fingerprint density at radius 2 is 2.17 bits per heavy atom.